The second-order valence-corrected chi connectivity index (χ2v) is 9.64. The number of pyridine rings is 1. The molecule has 202 valence electrons. The van der Waals surface area contributed by atoms with Gasteiger partial charge in [-0.1, -0.05) is 42.2 Å². The van der Waals surface area contributed by atoms with E-state index in [-0.39, 0.29) is 17.6 Å². The Morgan fingerprint density at radius 1 is 0.900 bits per heavy atom. The summed E-state index contributed by atoms with van der Waals surface area (Å²) in [6.07, 6.45) is 3.17. The van der Waals surface area contributed by atoms with Crippen LogP contribution in [0, 0.1) is 11.8 Å². The van der Waals surface area contributed by atoms with Gasteiger partial charge in [0, 0.05) is 60.2 Å². The van der Waals surface area contributed by atoms with Crippen LogP contribution in [0.5, 0.6) is 5.75 Å². The molecule has 0 aliphatic carbocycles. The standard InChI is InChI=1S/C32H30N4O3S/c1-2-36(32(39)28-20-26(21-33-22-28)9-8-24-10-16-30(37)17-11-24)19-18-34-29-14-12-27(13-15-29)31(38)35-40-23-25-6-4-3-5-7-25/h3-7,10-17,20-22,34,37H,2,18-19,23H2,1H3,(H,35,38). The molecule has 0 aliphatic heterocycles. The van der Waals surface area contributed by atoms with Crippen molar-refractivity contribution >= 4 is 29.4 Å². The number of likely N-dealkylation sites (N-methyl/N-ethyl adjacent to an activating group) is 1. The van der Waals surface area contributed by atoms with Gasteiger partial charge in [0.1, 0.15) is 5.75 Å². The second-order valence-electron chi connectivity index (χ2n) is 8.85. The molecule has 8 heteroatoms. The van der Waals surface area contributed by atoms with E-state index >= 15 is 0 Å². The zero-order valence-corrected chi connectivity index (χ0v) is 22.9. The van der Waals surface area contributed by atoms with Crippen LogP contribution in [-0.4, -0.2) is 46.4 Å². The number of carbonyl (C=O) groups is 2. The molecular weight excluding hydrogens is 520 g/mol. The van der Waals surface area contributed by atoms with E-state index in [1.165, 1.54) is 11.9 Å². The predicted molar refractivity (Wildman–Crippen MR) is 160 cm³/mol. The van der Waals surface area contributed by atoms with E-state index in [0.717, 1.165) is 16.8 Å². The van der Waals surface area contributed by atoms with E-state index in [9.17, 15) is 14.7 Å². The van der Waals surface area contributed by atoms with Crippen LogP contribution in [0.15, 0.2) is 97.3 Å². The van der Waals surface area contributed by atoms with Crippen molar-refractivity contribution in [2.75, 3.05) is 25.0 Å². The summed E-state index contributed by atoms with van der Waals surface area (Å²) < 4.78 is 2.87. The summed E-state index contributed by atoms with van der Waals surface area (Å²) >= 11 is 1.36. The minimum Gasteiger partial charge on any atom is -0.508 e. The molecule has 0 radical (unpaired) electrons. The number of aromatic nitrogens is 1. The Morgan fingerprint density at radius 2 is 1.62 bits per heavy atom. The van der Waals surface area contributed by atoms with E-state index < -0.39 is 0 Å². The molecular formula is C32H30N4O3S. The van der Waals surface area contributed by atoms with Gasteiger partial charge in [0.25, 0.3) is 11.8 Å². The van der Waals surface area contributed by atoms with Crippen LogP contribution in [0.4, 0.5) is 5.69 Å². The lowest BCUT2D eigenvalue weighted by Gasteiger charge is -2.21. The number of hydrogen-bond acceptors (Lipinski definition) is 6. The van der Waals surface area contributed by atoms with Crippen molar-refractivity contribution in [1.82, 2.24) is 14.6 Å². The van der Waals surface area contributed by atoms with E-state index in [1.807, 2.05) is 49.4 Å². The highest BCUT2D eigenvalue weighted by atomic mass is 32.2. The topological polar surface area (TPSA) is 94.6 Å². The van der Waals surface area contributed by atoms with Gasteiger partial charge in [-0.2, -0.15) is 0 Å². The number of anilines is 1. The molecule has 0 unspecified atom stereocenters. The summed E-state index contributed by atoms with van der Waals surface area (Å²) in [5.74, 6) is 6.66. The Kier molecular flexibility index (Phi) is 10.2. The highest BCUT2D eigenvalue weighted by Gasteiger charge is 2.15. The summed E-state index contributed by atoms with van der Waals surface area (Å²) in [6, 6.07) is 25.6. The normalized spacial score (nSPS) is 10.2. The van der Waals surface area contributed by atoms with Crippen LogP contribution in [0.2, 0.25) is 0 Å². The van der Waals surface area contributed by atoms with Crippen molar-refractivity contribution < 1.29 is 14.7 Å². The Balaban J connectivity index is 1.26. The molecule has 3 N–H and O–H groups in total. The molecule has 2 amide bonds. The first kappa shape index (κ1) is 28.3. The number of aromatic hydroxyl groups is 1. The van der Waals surface area contributed by atoms with E-state index in [0.29, 0.717) is 42.1 Å². The average molecular weight is 551 g/mol. The highest BCUT2D eigenvalue weighted by Crippen LogP contribution is 2.14. The zero-order chi connectivity index (χ0) is 28.2. The quantitative estimate of drug-likeness (QED) is 0.182. The molecule has 0 saturated heterocycles. The maximum Gasteiger partial charge on any atom is 0.261 e. The first-order valence-corrected chi connectivity index (χ1v) is 13.9. The molecule has 7 nitrogen and oxygen atoms in total. The number of carbonyl (C=O) groups excluding carboxylic acids is 2. The van der Waals surface area contributed by atoms with Crippen LogP contribution in [0.1, 0.15) is 44.3 Å². The second kappa shape index (κ2) is 14.4. The summed E-state index contributed by atoms with van der Waals surface area (Å²) in [5.41, 5.74) is 4.46. The van der Waals surface area contributed by atoms with Crippen molar-refractivity contribution in [2.45, 2.75) is 12.7 Å². The Bertz CT molecular complexity index is 1480. The van der Waals surface area contributed by atoms with Gasteiger partial charge in [-0.05, 0) is 79.0 Å². The van der Waals surface area contributed by atoms with E-state index in [2.05, 4.69) is 26.9 Å². The first-order chi connectivity index (χ1) is 19.5. The third kappa shape index (κ3) is 8.38. The van der Waals surface area contributed by atoms with Gasteiger partial charge in [-0.3, -0.25) is 19.3 Å². The number of phenolic OH excluding ortho intramolecular Hbond substituents is 1. The number of benzene rings is 3. The van der Waals surface area contributed by atoms with Crippen molar-refractivity contribution in [3.8, 4) is 17.6 Å². The molecule has 4 aromatic rings. The van der Waals surface area contributed by atoms with Crippen LogP contribution in [-0.2, 0) is 5.75 Å². The Hall–Kier alpha value is -4.74. The van der Waals surface area contributed by atoms with Crippen LogP contribution in [0.25, 0.3) is 0 Å². The predicted octanol–water partition coefficient (Wildman–Crippen LogP) is 5.34. The maximum absolute atomic E-state index is 13.1. The highest BCUT2D eigenvalue weighted by molar-refractivity contribution is 7.97. The molecule has 0 atom stereocenters. The zero-order valence-electron chi connectivity index (χ0n) is 22.1. The van der Waals surface area contributed by atoms with Crippen molar-refractivity contribution in [3.05, 3.63) is 125 Å². The van der Waals surface area contributed by atoms with E-state index in [4.69, 9.17) is 0 Å². The molecule has 1 heterocycles. The Morgan fingerprint density at radius 3 is 2.35 bits per heavy atom. The maximum atomic E-state index is 13.1. The van der Waals surface area contributed by atoms with E-state index in [1.54, 1.807) is 59.8 Å². The number of amides is 2. The van der Waals surface area contributed by atoms with Gasteiger partial charge >= 0.3 is 0 Å². The lowest BCUT2D eigenvalue weighted by molar-refractivity contribution is 0.0770. The third-order valence-corrected chi connectivity index (χ3v) is 6.78. The monoisotopic (exact) mass is 550 g/mol. The minimum absolute atomic E-state index is 0.120. The number of rotatable bonds is 10. The summed E-state index contributed by atoms with van der Waals surface area (Å²) in [5, 5.41) is 12.7. The van der Waals surface area contributed by atoms with Gasteiger partial charge in [0.2, 0.25) is 0 Å². The molecule has 1 aromatic heterocycles. The van der Waals surface area contributed by atoms with Gasteiger partial charge < -0.3 is 15.3 Å². The lowest BCUT2D eigenvalue weighted by atomic mass is 10.1. The van der Waals surface area contributed by atoms with Crippen molar-refractivity contribution in [2.24, 2.45) is 0 Å². The van der Waals surface area contributed by atoms with Gasteiger partial charge in [0.05, 0.1) is 5.56 Å². The molecule has 0 saturated carbocycles. The Labute approximate surface area is 238 Å². The largest absolute Gasteiger partial charge is 0.508 e. The van der Waals surface area contributed by atoms with Gasteiger partial charge in [0.15, 0.2) is 0 Å². The number of phenols is 1. The minimum atomic E-state index is -0.140. The fourth-order valence-corrected chi connectivity index (χ4v) is 4.47. The average Bonchev–Trinajstić information content (AvgIpc) is 3.00. The number of nitrogens with one attached hydrogen (secondary N) is 2. The number of nitrogens with zero attached hydrogens (tertiary/aromatic N) is 2. The van der Waals surface area contributed by atoms with Gasteiger partial charge in [-0.15, -0.1) is 0 Å². The fourth-order valence-electron chi connectivity index (χ4n) is 3.79. The molecule has 0 spiro atoms. The lowest BCUT2D eigenvalue weighted by Crippen LogP contribution is -2.35. The van der Waals surface area contributed by atoms with Crippen molar-refractivity contribution in [3.63, 3.8) is 0 Å². The first-order valence-electron chi connectivity index (χ1n) is 12.9. The summed E-state index contributed by atoms with van der Waals surface area (Å²) in [6.45, 7) is 3.52. The third-order valence-electron chi connectivity index (χ3n) is 5.98. The van der Waals surface area contributed by atoms with Crippen LogP contribution in [0.3, 0.4) is 0 Å². The molecule has 0 aliphatic rings. The molecule has 3 aromatic carbocycles. The summed E-state index contributed by atoms with van der Waals surface area (Å²) in [4.78, 5) is 31.5. The van der Waals surface area contributed by atoms with Crippen LogP contribution >= 0.6 is 11.9 Å². The smallest absolute Gasteiger partial charge is 0.261 e. The molecule has 40 heavy (non-hydrogen) atoms. The van der Waals surface area contributed by atoms with Gasteiger partial charge in [-0.25, -0.2) is 0 Å². The summed E-state index contributed by atoms with van der Waals surface area (Å²) in [7, 11) is 0. The molecule has 0 bridgehead atoms. The fraction of sp³-hybridized carbons (Fsp3) is 0.156. The van der Waals surface area contributed by atoms with Crippen molar-refractivity contribution in [1.29, 1.82) is 0 Å². The molecule has 4 rings (SSSR count). The molecule has 0 fully saturated rings. The van der Waals surface area contributed by atoms with Crippen LogP contribution < -0.4 is 10.0 Å². The SMILES string of the molecule is CCN(CCNc1ccc(C(=O)NSCc2ccccc2)cc1)C(=O)c1cncc(C#Cc2ccc(O)cc2)c1. The number of hydrogen-bond donors (Lipinski definition) is 3.